The summed E-state index contributed by atoms with van der Waals surface area (Å²) < 4.78 is 42.2. The molecule has 1 fully saturated rings. The zero-order valence-corrected chi connectivity index (χ0v) is 13.7. The summed E-state index contributed by atoms with van der Waals surface area (Å²) in [7, 11) is -3.67. The highest BCUT2D eigenvalue weighted by atomic mass is 32.2. The Hall–Kier alpha value is -1.80. The summed E-state index contributed by atoms with van der Waals surface area (Å²) in [5.74, 6) is -0.352. The maximum absolute atomic E-state index is 13.6. The Morgan fingerprint density at radius 2 is 2.17 bits per heavy atom. The number of aromatic nitrogens is 3. The molecule has 1 aromatic heterocycles. The van der Waals surface area contributed by atoms with Crippen LogP contribution in [0.4, 0.5) is 4.39 Å². The number of benzene rings is 1. The van der Waals surface area contributed by atoms with Gasteiger partial charge in [-0.25, -0.2) is 17.8 Å². The second-order valence-corrected chi connectivity index (χ2v) is 7.89. The van der Waals surface area contributed by atoms with Gasteiger partial charge in [-0.15, -0.1) is 0 Å². The summed E-state index contributed by atoms with van der Waals surface area (Å²) in [6.45, 7) is 3.20. The van der Waals surface area contributed by atoms with Crippen molar-refractivity contribution in [2.75, 3.05) is 13.1 Å². The first kappa shape index (κ1) is 16.1. The fraction of sp³-hybridized carbons (Fsp3) is 0.467. The summed E-state index contributed by atoms with van der Waals surface area (Å²) in [5.41, 5.74) is 0.597. The molecule has 0 saturated carbocycles. The van der Waals surface area contributed by atoms with Crippen LogP contribution in [0.15, 0.2) is 35.7 Å². The minimum Gasteiger partial charge on any atom is -0.253 e. The fourth-order valence-electron chi connectivity index (χ4n) is 2.99. The highest BCUT2D eigenvalue weighted by Gasteiger charge is 2.30. The van der Waals surface area contributed by atoms with Gasteiger partial charge >= 0.3 is 0 Å². The Morgan fingerprint density at radius 1 is 1.35 bits per heavy atom. The first-order valence-electron chi connectivity index (χ1n) is 7.55. The van der Waals surface area contributed by atoms with E-state index in [9.17, 15) is 12.8 Å². The predicted molar refractivity (Wildman–Crippen MR) is 82.6 cm³/mol. The van der Waals surface area contributed by atoms with E-state index >= 15 is 0 Å². The molecule has 8 heteroatoms. The Kier molecular flexibility index (Phi) is 4.45. The minimum atomic E-state index is -3.67. The van der Waals surface area contributed by atoms with Gasteiger partial charge in [0, 0.05) is 19.6 Å². The molecule has 0 amide bonds. The van der Waals surface area contributed by atoms with Crippen LogP contribution in [0, 0.1) is 18.7 Å². The maximum Gasteiger partial charge on any atom is 0.243 e. The van der Waals surface area contributed by atoms with E-state index in [1.807, 2.05) is 0 Å². The number of hydrogen-bond donors (Lipinski definition) is 0. The number of aryl methyl sites for hydroxylation is 1. The number of hydrogen-bond acceptors (Lipinski definition) is 4. The zero-order valence-electron chi connectivity index (χ0n) is 12.9. The predicted octanol–water partition coefficient (Wildman–Crippen LogP) is 1.83. The molecule has 0 aliphatic carbocycles. The SMILES string of the molecule is Cc1cc(F)cc(S(=O)(=O)N2CCC[C@@H](Cn3cncn3)C2)c1. The van der Waals surface area contributed by atoms with Crippen LogP contribution in [-0.2, 0) is 16.6 Å². The summed E-state index contributed by atoms with van der Waals surface area (Å²) >= 11 is 0. The van der Waals surface area contributed by atoms with Crippen LogP contribution < -0.4 is 0 Å². The third kappa shape index (κ3) is 3.59. The Balaban J connectivity index is 1.79. The molecule has 1 aromatic carbocycles. The lowest BCUT2D eigenvalue weighted by Gasteiger charge is -2.31. The number of rotatable bonds is 4. The average Bonchev–Trinajstić information content (AvgIpc) is 2.99. The van der Waals surface area contributed by atoms with Crippen molar-refractivity contribution >= 4 is 10.0 Å². The third-order valence-corrected chi connectivity index (χ3v) is 5.89. The first-order valence-corrected chi connectivity index (χ1v) is 8.99. The molecule has 1 aliphatic rings. The highest BCUT2D eigenvalue weighted by molar-refractivity contribution is 7.89. The monoisotopic (exact) mass is 338 g/mol. The van der Waals surface area contributed by atoms with Gasteiger partial charge in [-0.3, -0.25) is 4.68 Å². The van der Waals surface area contributed by atoms with E-state index in [1.54, 1.807) is 17.9 Å². The fourth-order valence-corrected chi connectivity index (χ4v) is 4.66. The van der Waals surface area contributed by atoms with E-state index in [2.05, 4.69) is 10.1 Å². The standard InChI is InChI=1S/C15H19FN4O2S/c1-12-5-14(16)7-15(6-12)23(21,22)20-4-2-3-13(9-20)8-19-11-17-10-18-19/h5-7,10-11,13H,2-4,8-9H2,1H3/t13-/m0/s1. The highest BCUT2D eigenvalue weighted by Crippen LogP contribution is 2.25. The van der Waals surface area contributed by atoms with E-state index in [0.29, 0.717) is 25.2 Å². The summed E-state index contributed by atoms with van der Waals surface area (Å²) in [6, 6.07) is 3.92. The van der Waals surface area contributed by atoms with E-state index in [0.717, 1.165) is 18.9 Å². The minimum absolute atomic E-state index is 0.0244. The van der Waals surface area contributed by atoms with E-state index < -0.39 is 15.8 Å². The maximum atomic E-state index is 13.6. The normalized spacial score (nSPS) is 19.8. The second kappa shape index (κ2) is 6.37. The van der Waals surface area contributed by atoms with Crippen molar-refractivity contribution in [3.63, 3.8) is 0 Å². The molecule has 1 saturated heterocycles. The van der Waals surface area contributed by atoms with Gasteiger partial charge in [-0.1, -0.05) is 0 Å². The summed E-state index contributed by atoms with van der Waals surface area (Å²) in [6.07, 6.45) is 4.82. The van der Waals surface area contributed by atoms with Crippen molar-refractivity contribution in [1.82, 2.24) is 19.1 Å². The van der Waals surface area contributed by atoms with Crippen LogP contribution in [0.1, 0.15) is 18.4 Å². The molecule has 1 aliphatic heterocycles. The van der Waals surface area contributed by atoms with Crippen LogP contribution in [0.25, 0.3) is 0 Å². The van der Waals surface area contributed by atoms with Crippen LogP contribution in [0.5, 0.6) is 0 Å². The molecule has 0 unspecified atom stereocenters. The van der Waals surface area contributed by atoms with Crippen LogP contribution in [0.3, 0.4) is 0 Å². The lowest BCUT2D eigenvalue weighted by Crippen LogP contribution is -2.41. The van der Waals surface area contributed by atoms with Gasteiger partial charge in [0.2, 0.25) is 10.0 Å². The Labute approximate surface area is 135 Å². The van der Waals surface area contributed by atoms with Crippen molar-refractivity contribution in [3.8, 4) is 0 Å². The second-order valence-electron chi connectivity index (χ2n) is 5.95. The van der Waals surface area contributed by atoms with Crippen molar-refractivity contribution in [1.29, 1.82) is 0 Å². The van der Waals surface area contributed by atoms with Gasteiger partial charge in [-0.05, 0) is 49.4 Å². The number of halogens is 1. The Morgan fingerprint density at radius 3 is 2.87 bits per heavy atom. The lowest BCUT2D eigenvalue weighted by atomic mass is 10.00. The molecular weight excluding hydrogens is 319 g/mol. The van der Waals surface area contributed by atoms with Crippen LogP contribution in [0.2, 0.25) is 0 Å². The third-order valence-electron chi connectivity index (χ3n) is 4.05. The molecule has 2 heterocycles. The van der Waals surface area contributed by atoms with Crippen molar-refractivity contribution in [2.24, 2.45) is 5.92 Å². The molecule has 6 nitrogen and oxygen atoms in total. The van der Waals surface area contributed by atoms with Gasteiger partial charge in [0.1, 0.15) is 18.5 Å². The molecule has 124 valence electrons. The molecule has 0 bridgehead atoms. The van der Waals surface area contributed by atoms with Gasteiger partial charge in [0.25, 0.3) is 0 Å². The number of piperidine rings is 1. The molecule has 0 N–H and O–H groups in total. The van der Waals surface area contributed by atoms with E-state index in [1.165, 1.54) is 22.8 Å². The van der Waals surface area contributed by atoms with Crippen LogP contribution >= 0.6 is 0 Å². The van der Waals surface area contributed by atoms with Gasteiger partial charge in [0.15, 0.2) is 0 Å². The molecule has 23 heavy (non-hydrogen) atoms. The molecule has 0 spiro atoms. The molecule has 3 rings (SSSR count). The van der Waals surface area contributed by atoms with Gasteiger partial charge < -0.3 is 0 Å². The molecular formula is C15H19FN4O2S. The zero-order chi connectivity index (χ0) is 16.4. The number of sulfonamides is 1. The average molecular weight is 338 g/mol. The topological polar surface area (TPSA) is 68.1 Å². The smallest absolute Gasteiger partial charge is 0.243 e. The van der Waals surface area contributed by atoms with Gasteiger partial charge in [0.05, 0.1) is 4.90 Å². The van der Waals surface area contributed by atoms with E-state index in [4.69, 9.17) is 0 Å². The number of nitrogens with zero attached hydrogens (tertiary/aromatic N) is 4. The van der Waals surface area contributed by atoms with Crippen LogP contribution in [-0.4, -0.2) is 40.6 Å². The lowest BCUT2D eigenvalue weighted by molar-refractivity contribution is 0.239. The molecule has 2 aromatic rings. The molecule has 1 atom stereocenters. The summed E-state index contributed by atoms with van der Waals surface area (Å²) in [5, 5.41) is 4.07. The van der Waals surface area contributed by atoms with E-state index in [-0.39, 0.29) is 10.8 Å². The summed E-state index contributed by atoms with van der Waals surface area (Å²) in [4.78, 5) is 3.93. The van der Waals surface area contributed by atoms with Crippen molar-refractivity contribution in [3.05, 3.63) is 42.2 Å². The largest absolute Gasteiger partial charge is 0.253 e. The Bertz CT molecular complexity index is 757. The van der Waals surface area contributed by atoms with Crippen molar-refractivity contribution in [2.45, 2.75) is 31.2 Å². The molecule has 0 radical (unpaired) electrons. The van der Waals surface area contributed by atoms with Gasteiger partial charge in [-0.2, -0.15) is 9.40 Å². The quantitative estimate of drug-likeness (QED) is 0.853. The first-order chi connectivity index (χ1) is 10.9. The van der Waals surface area contributed by atoms with Crippen molar-refractivity contribution < 1.29 is 12.8 Å².